The van der Waals surface area contributed by atoms with Gasteiger partial charge in [-0.25, -0.2) is 9.78 Å². The molecule has 2 aromatic heterocycles. The molecule has 0 radical (unpaired) electrons. The van der Waals surface area contributed by atoms with Gasteiger partial charge < -0.3 is 9.30 Å². The molecule has 0 aliphatic carbocycles. The number of esters is 1. The third-order valence-electron chi connectivity index (χ3n) is 5.42. The topological polar surface area (TPSA) is 99.0 Å². The van der Waals surface area contributed by atoms with E-state index >= 15 is 0 Å². The van der Waals surface area contributed by atoms with Crippen LogP contribution in [0.2, 0.25) is 0 Å². The third kappa shape index (κ3) is 5.00. The van der Waals surface area contributed by atoms with Crippen molar-refractivity contribution in [2.45, 2.75) is 73.4 Å². The minimum atomic E-state index is -0.453. The van der Waals surface area contributed by atoms with Crippen molar-refractivity contribution < 1.29 is 9.53 Å². The lowest BCUT2D eigenvalue weighted by molar-refractivity contribution is -0.134. The van der Waals surface area contributed by atoms with E-state index in [2.05, 4.69) is 9.97 Å². The fourth-order valence-electron chi connectivity index (χ4n) is 3.83. The molecule has 0 aliphatic heterocycles. The molecule has 0 bridgehead atoms. The van der Waals surface area contributed by atoms with E-state index in [-0.39, 0.29) is 18.3 Å². The van der Waals surface area contributed by atoms with E-state index in [4.69, 9.17) is 4.74 Å². The second-order valence-electron chi connectivity index (χ2n) is 8.66. The van der Waals surface area contributed by atoms with Crippen LogP contribution in [0.25, 0.3) is 11.2 Å². The van der Waals surface area contributed by atoms with Crippen LogP contribution in [0.15, 0.2) is 27.8 Å². The average Bonchev–Trinajstić information content (AvgIpc) is 3.07. The van der Waals surface area contributed by atoms with Gasteiger partial charge in [-0.1, -0.05) is 45.4 Å². The number of benzene rings is 1. The van der Waals surface area contributed by atoms with E-state index in [1.54, 1.807) is 0 Å². The predicted molar refractivity (Wildman–Crippen MR) is 124 cm³/mol. The standard InChI is InChI=1S/C24H32N4O4/c1-6-7-13-27-22-20(23(30)26-24(27)31)28(14-15(2)3)18(25-22)11-12-19(29)32-21-16(4)9-8-10-17(21)5/h8-10,15H,6-7,11-14H2,1-5H3,(H,26,30,31). The van der Waals surface area contributed by atoms with Crippen molar-refractivity contribution in [2.24, 2.45) is 5.92 Å². The number of carbonyl (C=O) groups is 1. The Morgan fingerprint density at radius 3 is 2.47 bits per heavy atom. The number of fused-ring (bicyclic) bond motifs is 1. The summed E-state index contributed by atoms with van der Waals surface area (Å²) in [4.78, 5) is 44.8. The zero-order valence-corrected chi connectivity index (χ0v) is 19.5. The van der Waals surface area contributed by atoms with E-state index in [0.29, 0.717) is 42.2 Å². The third-order valence-corrected chi connectivity index (χ3v) is 5.42. The highest BCUT2D eigenvalue weighted by Gasteiger charge is 2.20. The Kier molecular flexibility index (Phi) is 7.33. The highest BCUT2D eigenvalue weighted by atomic mass is 16.5. The molecule has 8 nitrogen and oxygen atoms in total. The largest absolute Gasteiger partial charge is 0.426 e. The molecule has 0 atom stereocenters. The Labute approximate surface area is 187 Å². The Bertz CT molecular complexity index is 1210. The van der Waals surface area contributed by atoms with Crippen LogP contribution in [0.5, 0.6) is 5.75 Å². The number of nitrogens with one attached hydrogen (secondary N) is 1. The lowest BCUT2D eigenvalue weighted by Gasteiger charge is -2.12. The number of aryl methyl sites for hydroxylation is 4. The molecule has 3 rings (SSSR count). The second-order valence-corrected chi connectivity index (χ2v) is 8.66. The summed E-state index contributed by atoms with van der Waals surface area (Å²) in [5.41, 5.74) is 1.66. The average molecular weight is 441 g/mol. The van der Waals surface area contributed by atoms with Crippen molar-refractivity contribution >= 4 is 17.1 Å². The molecule has 0 saturated carbocycles. The zero-order valence-electron chi connectivity index (χ0n) is 19.5. The first-order valence-electron chi connectivity index (χ1n) is 11.2. The minimum absolute atomic E-state index is 0.117. The lowest BCUT2D eigenvalue weighted by atomic mass is 10.1. The van der Waals surface area contributed by atoms with E-state index in [1.807, 2.05) is 57.4 Å². The van der Waals surface area contributed by atoms with Gasteiger partial charge in [0.1, 0.15) is 11.6 Å². The van der Waals surface area contributed by atoms with Crippen LogP contribution >= 0.6 is 0 Å². The van der Waals surface area contributed by atoms with Gasteiger partial charge in [0.15, 0.2) is 11.2 Å². The van der Waals surface area contributed by atoms with Crippen LogP contribution in [0.1, 0.15) is 57.0 Å². The van der Waals surface area contributed by atoms with Gasteiger partial charge in [-0.3, -0.25) is 19.1 Å². The van der Waals surface area contributed by atoms with Crippen LogP contribution in [0.4, 0.5) is 0 Å². The Morgan fingerprint density at radius 1 is 1.16 bits per heavy atom. The van der Waals surface area contributed by atoms with Crippen LogP contribution < -0.4 is 16.0 Å². The number of aromatic nitrogens is 4. The molecule has 0 unspecified atom stereocenters. The first-order chi connectivity index (χ1) is 15.2. The van der Waals surface area contributed by atoms with Crippen LogP contribution in [0, 0.1) is 19.8 Å². The first kappa shape index (κ1) is 23.5. The van der Waals surface area contributed by atoms with E-state index in [1.165, 1.54) is 4.57 Å². The fourth-order valence-corrected chi connectivity index (χ4v) is 3.83. The number of unbranched alkanes of at least 4 members (excludes halogenated alkanes) is 1. The van der Waals surface area contributed by atoms with Gasteiger partial charge in [-0.15, -0.1) is 0 Å². The second kappa shape index (κ2) is 9.97. The summed E-state index contributed by atoms with van der Waals surface area (Å²) in [6.45, 7) is 11.0. The normalized spacial score (nSPS) is 11.4. The maximum absolute atomic E-state index is 12.7. The number of nitrogens with zero attached hydrogens (tertiary/aromatic N) is 3. The molecule has 3 aromatic rings. The SMILES string of the molecule is CCCCn1c(=O)[nH]c(=O)c2c1nc(CCC(=O)Oc1c(C)cccc1C)n2CC(C)C. The summed E-state index contributed by atoms with van der Waals surface area (Å²) in [6.07, 6.45) is 2.14. The molecule has 0 spiro atoms. The van der Waals surface area contributed by atoms with Gasteiger partial charge in [0, 0.05) is 19.5 Å². The quantitative estimate of drug-likeness (QED) is 0.406. The fraction of sp³-hybridized carbons (Fsp3) is 0.500. The monoisotopic (exact) mass is 440 g/mol. The summed E-state index contributed by atoms with van der Waals surface area (Å²) in [5.74, 6) is 1.08. The molecule has 0 amide bonds. The summed E-state index contributed by atoms with van der Waals surface area (Å²) in [5, 5.41) is 0. The Morgan fingerprint density at radius 2 is 1.84 bits per heavy atom. The number of para-hydroxylation sites is 1. The van der Waals surface area contributed by atoms with Crippen molar-refractivity contribution in [2.75, 3.05) is 0 Å². The summed E-state index contributed by atoms with van der Waals surface area (Å²) in [7, 11) is 0. The predicted octanol–water partition coefficient (Wildman–Crippen LogP) is 3.50. The molecule has 1 aromatic carbocycles. The molecule has 32 heavy (non-hydrogen) atoms. The van der Waals surface area contributed by atoms with Crippen LogP contribution in [0.3, 0.4) is 0 Å². The summed E-state index contributed by atoms with van der Waals surface area (Å²) in [6, 6.07) is 5.73. The van der Waals surface area contributed by atoms with Crippen molar-refractivity contribution in [3.8, 4) is 5.75 Å². The molecule has 8 heteroatoms. The maximum Gasteiger partial charge on any atom is 0.330 e. The van der Waals surface area contributed by atoms with E-state index < -0.39 is 11.2 Å². The van der Waals surface area contributed by atoms with Crippen molar-refractivity contribution in [1.29, 1.82) is 0 Å². The zero-order chi connectivity index (χ0) is 23.4. The number of hydrogen-bond acceptors (Lipinski definition) is 5. The number of H-pyrrole nitrogens is 1. The molecule has 0 saturated heterocycles. The van der Waals surface area contributed by atoms with Crippen molar-refractivity contribution in [3.63, 3.8) is 0 Å². The van der Waals surface area contributed by atoms with Gasteiger partial charge in [-0.05, 0) is 37.3 Å². The molecular formula is C24H32N4O4. The van der Waals surface area contributed by atoms with Crippen molar-refractivity contribution in [3.05, 3.63) is 56.0 Å². The maximum atomic E-state index is 12.7. The molecule has 0 aliphatic rings. The first-order valence-corrected chi connectivity index (χ1v) is 11.2. The highest BCUT2D eigenvalue weighted by Crippen LogP contribution is 2.23. The Hall–Kier alpha value is -3.16. The van der Waals surface area contributed by atoms with Crippen LogP contribution in [-0.4, -0.2) is 25.1 Å². The summed E-state index contributed by atoms with van der Waals surface area (Å²) < 4.78 is 8.98. The number of imidazole rings is 1. The number of hydrogen-bond donors (Lipinski definition) is 1. The highest BCUT2D eigenvalue weighted by molar-refractivity contribution is 5.74. The number of carbonyl (C=O) groups excluding carboxylic acids is 1. The minimum Gasteiger partial charge on any atom is -0.426 e. The van der Waals surface area contributed by atoms with Crippen LogP contribution in [-0.2, 0) is 24.3 Å². The Balaban J connectivity index is 1.94. The van der Waals surface area contributed by atoms with Gasteiger partial charge >= 0.3 is 11.7 Å². The molecule has 172 valence electrons. The van der Waals surface area contributed by atoms with Gasteiger partial charge in [0.05, 0.1) is 6.42 Å². The van der Waals surface area contributed by atoms with Crippen molar-refractivity contribution in [1.82, 2.24) is 19.1 Å². The molecular weight excluding hydrogens is 408 g/mol. The smallest absolute Gasteiger partial charge is 0.330 e. The molecule has 0 fully saturated rings. The lowest BCUT2D eigenvalue weighted by Crippen LogP contribution is -2.31. The van der Waals surface area contributed by atoms with E-state index in [9.17, 15) is 14.4 Å². The number of rotatable bonds is 9. The van der Waals surface area contributed by atoms with E-state index in [0.717, 1.165) is 24.0 Å². The number of ether oxygens (including phenoxy) is 1. The van der Waals surface area contributed by atoms with Gasteiger partial charge in [0.2, 0.25) is 0 Å². The molecule has 2 heterocycles. The van der Waals surface area contributed by atoms with Gasteiger partial charge in [-0.2, -0.15) is 0 Å². The summed E-state index contributed by atoms with van der Waals surface area (Å²) >= 11 is 0. The van der Waals surface area contributed by atoms with Gasteiger partial charge in [0.25, 0.3) is 5.56 Å². The number of aromatic amines is 1. The molecule has 1 N–H and O–H groups in total.